The lowest BCUT2D eigenvalue weighted by atomic mass is 10.3. The maximum atomic E-state index is 12.5. The molecule has 0 atom stereocenters. The number of rotatable bonds is 3. The van der Waals surface area contributed by atoms with Gasteiger partial charge in [0, 0.05) is 12.6 Å². The van der Waals surface area contributed by atoms with Crippen molar-refractivity contribution in [2.24, 2.45) is 15.7 Å². The summed E-state index contributed by atoms with van der Waals surface area (Å²) >= 11 is 0. The van der Waals surface area contributed by atoms with Gasteiger partial charge in [0.15, 0.2) is 11.4 Å². The largest absolute Gasteiger partial charge is 0.433 e. The third kappa shape index (κ3) is 5.14. The Hall–Kier alpha value is -2.46. The van der Waals surface area contributed by atoms with E-state index in [4.69, 9.17) is 5.73 Å². The minimum atomic E-state index is -5.09. The molecular weight excluding hydrogens is 316 g/mol. The zero-order chi connectivity index (χ0) is 17.0. The van der Waals surface area contributed by atoms with Crippen LogP contribution in [-0.2, 0) is 12.4 Å². The highest BCUT2D eigenvalue weighted by Gasteiger charge is 2.39. The topological polar surface area (TPSA) is 76.5 Å². The number of guanidine groups is 1. The fourth-order valence-corrected chi connectivity index (χ4v) is 1.13. The molecule has 1 heterocycles. The van der Waals surface area contributed by atoms with Gasteiger partial charge in [-0.15, -0.1) is 6.58 Å². The van der Waals surface area contributed by atoms with Crippen LogP contribution in [0.2, 0.25) is 0 Å². The van der Waals surface area contributed by atoms with Gasteiger partial charge in [-0.05, 0) is 6.07 Å². The molecule has 1 aromatic heterocycles. The molecule has 0 fully saturated rings. The van der Waals surface area contributed by atoms with Gasteiger partial charge in [-0.2, -0.15) is 31.3 Å². The van der Waals surface area contributed by atoms with Crippen LogP contribution in [0, 0.1) is 0 Å². The number of hydrogen-bond donors (Lipinski definition) is 1. The first-order valence-electron chi connectivity index (χ1n) is 5.55. The second-order valence-electron chi connectivity index (χ2n) is 3.74. The van der Waals surface area contributed by atoms with Crippen LogP contribution >= 0.6 is 0 Å². The summed E-state index contributed by atoms with van der Waals surface area (Å²) in [6.45, 7) is 3.37. The van der Waals surface area contributed by atoms with Crippen LogP contribution in [0.5, 0.6) is 0 Å². The van der Waals surface area contributed by atoms with Gasteiger partial charge in [0.05, 0.1) is 0 Å². The molecule has 1 rings (SSSR count). The molecule has 5 nitrogen and oxygen atoms in total. The van der Waals surface area contributed by atoms with Crippen LogP contribution < -0.4 is 5.73 Å². The zero-order valence-corrected chi connectivity index (χ0v) is 10.8. The Kier molecular flexibility index (Phi) is 5.23. The number of aromatic nitrogens is 2. The molecule has 0 saturated heterocycles. The van der Waals surface area contributed by atoms with Crippen LogP contribution in [0.25, 0.3) is 0 Å². The van der Waals surface area contributed by atoms with E-state index in [0.29, 0.717) is 0 Å². The number of halogens is 6. The Morgan fingerprint density at radius 1 is 1.14 bits per heavy atom. The highest BCUT2D eigenvalue weighted by molar-refractivity contribution is 5.87. The Bertz CT molecular complexity index is 570. The highest BCUT2D eigenvalue weighted by Crippen LogP contribution is 2.34. The van der Waals surface area contributed by atoms with Crippen LogP contribution in [0.1, 0.15) is 17.8 Å². The summed E-state index contributed by atoms with van der Waals surface area (Å²) in [5.74, 6) is -1.68. The smallest absolute Gasteiger partial charge is 0.368 e. The van der Waals surface area contributed by atoms with Gasteiger partial charge >= 0.3 is 12.4 Å². The van der Waals surface area contributed by atoms with E-state index in [-0.39, 0.29) is 12.5 Å². The van der Waals surface area contributed by atoms with Gasteiger partial charge < -0.3 is 5.73 Å². The number of aliphatic imine (C=N–C) groups is 2. The van der Waals surface area contributed by atoms with Crippen LogP contribution in [0.3, 0.4) is 0 Å². The highest BCUT2D eigenvalue weighted by atomic mass is 19.4. The summed E-state index contributed by atoms with van der Waals surface area (Å²) in [7, 11) is 0. The first kappa shape index (κ1) is 17.6. The van der Waals surface area contributed by atoms with E-state index >= 15 is 0 Å². The summed E-state index contributed by atoms with van der Waals surface area (Å²) in [6, 6.07) is -0.212. The van der Waals surface area contributed by atoms with E-state index in [1.807, 2.05) is 0 Å². The maximum Gasteiger partial charge on any atom is 0.433 e. The molecule has 1 aromatic rings. The molecular formula is C11H9F6N5. The molecule has 0 aliphatic rings. The molecule has 22 heavy (non-hydrogen) atoms. The first-order chi connectivity index (χ1) is 10.0. The molecule has 0 aromatic carbocycles. The molecule has 0 spiro atoms. The number of alkyl halides is 6. The molecule has 0 radical (unpaired) electrons. The molecule has 0 saturated carbocycles. The lowest BCUT2D eigenvalue weighted by Crippen LogP contribution is -2.15. The van der Waals surface area contributed by atoms with Crippen LogP contribution in [-0.4, -0.2) is 22.1 Å². The van der Waals surface area contributed by atoms with Crippen molar-refractivity contribution in [1.82, 2.24) is 9.97 Å². The fourth-order valence-electron chi connectivity index (χ4n) is 1.13. The molecule has 2 N–H and O–H groups in total. The number of nitrogens with two attached hydrogens (primary N) is 1. The summed E-state index contributed by atoms with van der Waals surface area (Å²) in [4.78, 5) is 12.5. The fraction of sp³-hybridized carbons (Fsp3) is 0.273. The molecule has 120 valence electrons. The van der Waals surface area contributed by atoms with Crippen molar-refractivity contribution in [3.05, 3.63) is 30.1 Å². The molecule has 11 heteroatoms. The molecule has 0 bridgehead atoms. The van der Waals surface area contributed by atoms with Gasteiger partial charge in [0.25, 0.3) is 5.95 Å². The normalized spacial score (nSPS) is 13.6. The lowest BCUT2D eigenvalue weighted by molar-refractivity contribution is -0.147. The quantitative estimate of drug-likeness (QED) is 0.401. The Morgan fingerprint density at radius 2 is 1.64 bits per heavy atom. The summed E-state index contributed by atoms with van der Waals surface area (Å²) < 4.78 is 75.3. The maximum absolute atomic E-state index is 12.5. The third-order valence-electron chi connectivity index (χ3n) is 2.01. The van der Waals surface area contributed by atoms with Gasteiger partial charge in [-0.25, -0.2) is 15.0 Å². The SMILES string of the molecule is C=CC/C=N/C(N)=N\c1nc(C(F)(F)F)cc(C(F)(F)F)n1. The summed E-state index contributed by atoms with van der Waals surface area (Å²) in [6.07, 6.45) is -7.24. The number of hydrogen-bond acceptors (Lipinski definition) is 3. The minimum Gasteiger partial charge on any atom is -0.368 e. The van der Waals surface area contributed by atoms with E-state index in [1.165, 1.54) is 12.3 Å². The van der Waals surface area contributed by atoms with Crippen molar-refractivity contribution in [2.75, 3.05) is 0 Å². The van der Waals surface area contributed by atoms with E-state index in [9.17, 15) is 26.3 Å². The van der Waals surface area contributed by atoms with E-state index in [2.05, 4.69) is 26.5 Å². The predicted octanol–water partition coefficient (Wildman–Crippen LogP) is 3.11. The average molecular weight is 325 g/mol. The average Bonchev–Trinajstić information content (AvgIpc) is 2.36. The van der Waals surface area contributed by atoms with Gasteiger partial charge in [-0.1, -0.05) is 6.08 Å². The summed E-state index contributed by atoms with van der Waals surface area (Å²) in [5.41, 5.74) is 1.68. The molecule has 0 amide bonds. The van der Waals surface area contributed by atoms with E-state index in [1.54, 1.807) is 0 Å². The predicted molar refractivity (Wildman–Crippen MR) is 66.6 cm³/mol. The summed E-state index contributed by atoms with van der Waals surface area (Å²) in [5, 5.41) is 0. The molecule has 0 aliphatic carbocycles. The van der Waals surface area contributed by atoms with Gasteiger partial charge in [-0.3, -0.25) is 0 Å². The van der Waals surface area contributed by atoms with Crippen molar-refractivity contribution < 1.29 is 26.3 Å². The van der Waals surface area contributed by atoms with Crippen molar-refractivity contribution in [2.45, 2.75) is 18.8 Å². The Labute approximate surface area is 120 Å². The Morgan fingerprint density at radius 3 is 2.05 bits per heavy atom. The minimum absolute atomic E-state index is 0.212. The first-order valence-corrected chi connectivity index (χ1v) is 5.55. The number of nitrogens with zero attached hydrogens (tertiary/aromatic N) is 4. The van der Waals surface area contributed by atoms with Crippen molar-refractivity contribution in [3.8, 4) is 0 Å². The number of allylic oxidation sites excluding steroid dienone is 1. The second kappa shape index (κ2) is 6.54. The van der Waals surface area contributed by atoms with Gasteiger partial charge in [0.1, 0.15) is 0 Å². The molecule has 0 unspecified atom stereocenters. The monoisotopic (exact) mass is 325 g/mol. The molecule has 0 aliphatic heterocycles. The zero-order valence-electron chi connectivity index (χ0n) is 10.8. The van der Waals surface area contributed by atoms with Crippen molar-refractivity contribution >= 4 is 18.1 Å². The standard InChI is InChI=1S/C11H9F6N5/c1-2-3-4-19-8(18)22-9-20-6(10(12,13)14)5-7(21-9)11(15,16)17/h2,4-5H,1,3H2,(H2,18,20,21,22)/b19-4+. The van der Waals surface area contributed by atoms with E-state index in [0.717, 1.165) is 0 Å². The van der Waals surface area contributed by atoms with Crippen LogP contribution in [0.4, 0.5) is 32.3 Å². The lowest BCUT2D eigenvalue weighted by Gasteiger charge is -2.10. The van der Waals surface area contributed by atoms with Crippen molar-refractivity contribution in [1.29, 1.82) is 0 Å². The van der Waals surface area contributed by atoms with Gasteiger partial charge in [0.2, 0.25) is 5.96 Å². The Balaban J connectivity index is 3.30. The van der Waals surface area contributed by atoms with Crippen molar-refractivity contribution in [3.63, 3.8) is 0 Å². The van der Waals surface area contributed by atoms with Crippen LogP contribution in [0.15, 0.2) is 28.7 Å². The van der Waals surface area contributed by atoms with E-state index < -0.39 is 35.6 Å². The second-order valence-corrected chi connectivity index (χ2v) is 3.74. The third-order valence-corrected chi connectivity index (χ3v) is 2.01.